The fraction of sp³-hybridized carbons (Fsp3) is 0.375. The van der Waals surface area contributed by atoms with Gasteiger partial charge in [0.25, 0.3) is 5.91 Å². The first-order valence-electron chi connectivity index (χ1n) is 7.30. The van der Waals surface area contributed by atoms with Crippen molar-refractivity contribution in [1.82, 2.24) is 9.88 Å². The van der Waals surface area contributed by atoms with Gasteiger partial charge in [0.15, 0.2) is 5.76 Å². The molecule has 0 saturated heterocycles. The van der Waals surface area contributed by atoms with Gasteiger partial charge in [-0.25, -0.2) is 4.98 Å². The molecule has 2 aromatic heterocycles. The number of ether oxygens (including phenoxy) is 1. The van der Waals surface area contributed by atoms with Crippen molar-refractivity contribution in [3.63, 3.8) is 0 Å². The maximum absolute atomic E-state index is 12.5. The lowest BCUT2D eigenvalue weighted by molar-refractivity contribution is 0.0719. The summed E-state index contributed by atoms with van der Waals surface area (Å²) in [5.41, 5.74) is 1.04. The Hall–Kier alpha value is -2.34. The summed E-state index contributed by atoms with van der Waals surface area (Å²) < 4.78 is 10.4. The van der Waals surface area contributed by atoms with Crippen molar-refractivity contribution in [3.8, 4) is 0 Å². The average Bonchev–Trinajstić information content (AvgIpc) is 3.01. The molecule has 6 heteroatoms. The molecule has 3 rings (SSSR count). The number of hydrogen-bond donors (Lipinski definition) is 0. The number of amides is 1. The highest BCUT2D eigenvalue weighted by Gasteiger charge is 2.25. The molecule has 116 valence electrons. The topological polar surface area (TPSA) is 58.8 Å². The van der Waals surface area contributed by atoms with Crippen molar-refractivity contribution in [2.45, 2.75) is 6.54 Å². The number of methoxy groups -OCH3 is 1. The summed E-state index contributed by atoms with van der Waals surface area (Å²) in [7, 11) is 1.68. The second-order valence-electron chi connectivity index (χ2n) is 5.17. The van der Waals surface area contributed by atoms with E-state index in [0.29, 0.717) is 25.5 Å². The second kappa shape index (κ2) is 6.62. The standard InChI is InChI=1S/C16H19N3O3/c1-21-11-9-18-7-8-19(16(20)14-5-3-10-22-14)12-13-4-2-6-17-15(13)18/h2-6,10H,7-9,11-12H2,1H3. The molecule has 0 aliphatic carbocycles. The predicted octanol–water partition coefficient (Wildman–Crippen LogP) is 1.78. The van der Waals surface area contributed by atoms with Gasteiger partial charge >= 0.3 is 0 Å². The van der Waals surface area contributed by atoms with Crippen molar-refractivity contribution in [3.05, 3.63) is 48.0 Å². The quantitative estimate of drug-likeness (QED) is 0.861. The van der Waals surface area contributed by atoms with E-state index in [1.165, 1.54) is 6.26 Å². The van der Waals surface area contributed by atoms with Gasteiger partial charge in [0.1, 0.15) is 5.82 Å². The van der Waals surface area contributed by atoms with Gasteiger partial charge in [-0.3, -0.25) is 4.79 Å². The second-order valence-corrected chi connectivity index (χ2v) is 5.17. The molecule has 0 aromatic carbocycles. The summed E-state index contributed by atoms with van der Waals surface area (Å²) in [5, 5.41) is 0. The van der Waals surface area contributed by atoms with Gasteiger partial charge in [-0.05, 0) is 18.2 Å². The van der Waals surface area contributed by atoms with Gasteiger partial charge in [-0.1, -0.05) is 6.07 Å². The fourth-order valence-electron chi connectivity index (χ4n) is 2.62. The smallest absolute Gasteiger partial charge is 0.289 e. The van der Waals surface area contributed by atoms with Gasteiger partial charge in [0, 0.05) is 45.0 Å². The number of anilines is 1. The Bertz CT molecular complexity index is 627. The highest BCUT2D eigenvalue weighted by atomic mass is 16.5. The van der Waals surface area contributed by atoms with Crippen LogP contribution < -0.4 is 4.90 Å². The van der Waals surface area contributed by atoms with E-state index >= 15 is 0 Å². The summed E-state index contributed by atoms with van der Waals surface area (Å²) in [6.07, 6.45) is 3.30. The van der Waals surface area contributed by atoms with Crippen molar-refractivity contribution >= 4 is 11.7 Å². The number of furan rings is 1. The zero-order chi connectivity index (χ0) is 15.4. The molecule has 3 heterocycles. The van der Waals surface area contributed by atoms with E-state index in [0.717, 1.165) is 24.5 Å². The largest absolute Gasteiger partial charge is 0.459 e. The Balaban J connectivity index is 1.83. The minimum absolute atomic E-state index is 0.0894. The minimum Gasteiger partial charge on any atom is -0.459 e. The Morgan fingerprint density at radius 3 is 3.05 bits per heavy atom. The molecule has 22 heavy (non-hydrogen) atoms. The number of carbonyl (C=O) groups excluding carboxylic acids is 1. The molecule has 1 amide bonds. The van der Waals surface area contributed by atoms with E-state index < -0.39 is 0 Å². The van der Waals surface area contributed by atoms with Gasteiger partial charge in [0.2, 0.25) is 0 Å². The number of rotatable bonds is 4. The van der Waals surface area contributed by atoms with Crippen LogP contribution >= 0.6 is 0 Å². The first-order chi connectivity index (χ1) is 10.8. The number of pyridine rings is 1. The minimum atomic E-state index is -0.0894. The molecule has 0 N–H and O–H groups in total. The van der Waals surface area contributed by atoms with Crippen LogP contribution in [0.5, 0.6) is 0 Å². The number of fused-ring (bicyclic) bond motifs is 1. The molecule has 0 bridgehead atoms. The summed E-state index contributed by atoms with van der Waals surface area (Å²) in [6.45, 7) is 3.26. The van der Waals surface area contributed by atoms with Crippen LogP contribution in [-0.2, 0) is 11.3 Å². The number of hydrogen-bond acceptors (Lipinski definition) is 5. The third-order valence-electron chi connectivity index (χ3n) is 3.75. The molecular weight excluding hydrogens is 282 g/mol. The lowest BCUT2D eigenvalue weighted by Gasteiger charge is -2.23. The maximum atomic E-state index is 12.5. The Morgan fingerprint density at radius 1 is 1.36 bits per heavy atom. The van der Waals surface area contributed by atoms with E-state index in [-0.39, 0.29) is 5.91 Å². The zero-order valence-electron chi connectivity index (χ0n) is 12.6. The van der Waals surface area contributed by atoms with Crippen LogP contribution in [0.1, 0.15) is 16.1 Å². The highest BCUT2D eigenvalue weighted by molar-refractivity contribution is 5.91. The van der Waals surface area contributed by atoms with Crippen LogP contribution in [0.15, 0.2) is 41.1 Å². The number of aromatic nitrogens is 1. The summed E-state index contributed by atoms with van der Waals surface area (Å²) in [4.78, 5) is 21.0. The SMILES string of the molecule is COCCN1CCN(C(=O)c2ccco2)Cc2cccnc21. The molecule has 0 saturated carbocycles. The van der Waals surface area contributed by atoms with Crippen LogP contribution in [-0.4, -0.2) is 49.1 Å². The van der Waals surface area contributed by atoms with E-state index in [2.05, 4.69) is 9.88 Å². The van der Waals surface area contributed by atoms with Gasteiger partial charge in [0.05, 0.1) is 12.9 Å². The summed E-state index contributed by atoms with van der Waals surface area (Å²) in [6, 6.07) is 7.33. The zero-order valence-corrected chi connectivity index (χ0v) is 12.6. The van der Waals surface area contributed by atoms with Crippen molar-refractivity contribution in [2.75, 3.05) is 38.3 Å². The molecule has 6 nitrogen and oxygen atoms in total. The molecule has 0 spiro atoms. The monoisotopic (exact) mass is 301 g/mol. The Morgan fingerprint density at radius 2 is 2.27 bits per heavy atom. The summed E-state index contributed by atoms with van der Waals surface area (Å²) in [5.74, 6) is 1.21. The lowest BCUT2D eigenvalue weighted by Crippen LogP contribution is -2.36. The van der Waals surface area contributed by atoms with E-state index in [1.807, 2.05) is 12.1 Å². The molecule has 2 aromatic rings. The lowest BCUT2D eigenvalue weighted by atomic mass is 10.2. The fourth-order valence-corrected chi connectivity index (χ4v) is 2.62. The van der Waals surface area contributed by atoms with Gasteiger partial charge < -0.3 is 19.0 Å². The van der Waals surface area contributed by atoms with Crippen molar-refractivity contribution < 1.29 is 13.9 Å². The van der Waals surface area contributed by atoms with Crippen LogP contribution in [0.25, 0.3) is 0 Å². The van der Waals surface area contributed by atoms with Crippen LogP contribution in [0, 0.1) is 0 Å². The number of nitrogens with zero attached hydrogens (tertiary/aromatic N) is 3. The molecule has 1 aliphatic heterocycles. The van der Waals surface area contributed by atoms with Crippen molar-refractivity contribution in [2.24, 2.45) is 0 Å². The van der Waals surface area contributed by atoms with E-state index in [1.54, 1.807) is 30.3 Å². The molecule has 1 aliphatic rings. The third-order valence-corrected chi connectivity index (χ3v) is 3.75. The van der Waals surface area contributed by atoms with Gasteiger partial charge in [-0.2, -0.15) is 0 Å². The average molecular weight is 301 g/mol. The maximum Gasteiger partial charge on any atom is 0.289 e. The molecule has 0 radical (unpaired) electrons. The first kappa shape index (κ1) is 14.6. The van der Waals surface area contributed by atoms with Crippen LogP contribution in [0.4, 0.5) is 5.82 Å². The van der Waals surface area contributed by atoms with Crippen LogP contribution in [0.3, 0.4) is 0 Å². The summed E-state index contributed by atoms with van der Waals surface area (Å²) >= 11 is 0. The molecule has 0 fully saturated rings. The van der Waals surface area contributed by atoms with Gasteiger partial charge in [-0.15, -0.1) is 0 Å². The highest BCUT2D eigenvalue weighted by Crippen LogP contribution is 2.23. The van der Waals surface area contributed by atoms with Crippen LogP contribution in [0.2, 0.25) is 0 Å². The predicted molar refractivity (Wildman–Crippen MR) is 81.8 cm³/mol. The number of carbonyl (C=O) groups is 1. The molecule has 0 unspecified atom stereocenters. The molecular formula is C16H19N3O3. The first-order valence-corrected chi connectivity index (χ1v) is 7.30. The Labute approximate surface area is 129 Å². The van der Waals surface area contributed by atoms with E-state index in [4.69, 9.17) is 9.15 Å². The molecule has 0 atom stereocenters. The van der Waals surface area contributed by atoms with E-state index in [9.17, 15) is 4.79 Å². The normalized spacial score (nSPS) is 14.6. The Kier molecular flexibility index (Phi) is 4.39. The van der Waals surface area contributed by atoms with Crippen molar-refractivity contribution in [1.29, 1.82) is 0 Å². The third kappa shape index (κ3) is 2.96.